The predicted octanol–water partition coefficient (Wildman–Crippen LogP) is 4.55. The van der Waals surface area contributed by atoms with E-state index in [0.717, 1.165) is 22.1 Å². The molecular formula is C18H15ClN2O2S. The van der Waals surface area contributed by atoms with Gasteiger partial charge in [-0.2, -0.15) is 0 Å². The summed E-state index contributed by atoms with van der Waals surface area (Å²) < 4.78 is 5.21. The summed E-state index contributed by atoms with van der Waals surface area (Å²) in [6, 6.07) is 14.9. The van der Waals surface area contributed by atoms with Gasteiger partial charge >= 0.3 is 0 Å². The van der Waals surface area contributed by atoms with Gasteiger partial charge in [-0.05, 0) is 42.0 Å². The number of halogens is 1. The van der Waals surface area contributed by atoms with Gasteiger partial charge in [0.15, 0.2) is 0 Å². The Labute approximate surface area is 149 Å². The van der Waals surface area contributed by atoms with E-state index in [-0.39, 0.29) is 5.91 Å². The van der Waals surface area contributed by atoms with E-state index in [2.05, 4.69) is 10.3 Å². The zero-order valence-electron chi connectivity index (χ0n) is 12.7. The Morgan fingerprint density at radius 1 is 1.21 bits per heavy atom. The van der Waals surface area contributed by atoms with Gasteiger partial charge in [0.25, 0.3) is 5.91 Å². The van der Waals surface area contributed by atoms with Crippen LogP contribution in [0.3, 0.4) is 0 Å². The fourth-order valence-corrected chi connectivity index (χ4v) is 2.99. The second-order valence-electron chi connectivity index (χ2n) is 5.07. The molecule has 1 aromatic carbocycles. The van der Waals surface area contributed by atoms with Crippen molar-refractivity contribution in [1.29, 1.82) is 0 Å². The van der Waals surface area contributed by atoms with E-state index >= 15 is 0 Å². The fraction of sp³-hybridized carbons (Fsp3) is 0.111. The normalized spacial score (nSPS) is 10.5. The summed E-state index contributed by atoms with van der Waals surface area (Å²) in [5.41, 5.74) is 1.69. The first-order valence-corrected chi connectivity index (χ1v) is 8.71. The van der Waals surface area contributed by atoms with Crippen molar-refractivity contribution >= 4 is 29.3 Å². The molecule has 1 N–H and O–H groups in total. The van der Waals surface area contributed by atoms with Crippen LogP contribution in [0.1, 0.15) is 21.7 Å². The van der Waals surface area contributed by atoms with Crippen molar-refractivity contribution < 1.29 is 9.21 Å². The molecule has 0 bridgehead atoms. The molecule has 0 fully saturated rings. The number of nitrogens with zero attached hydrogens (tertiary/aromatic N) is 1. The van der Waals surface area contributed by atoms with E-state index in [9.17, 15) is 4.79 Å². The Kier molecular flexibility index (Phi) is 5.56. The summed E-state index contributed by atoms with van der Waals surface area (Å²) in [6.45, 7) is 0.375. The smallest absolute Gasteiger partial charge is 0.251 e. The lowest BCUT2D eigenvalue weighted by atomic mass is 10.1. The van der Waals surface area contributed by atoms with Crippen LogP contribution in [0.5, 0.6) is 0 Å². The van der Waals surface area contributed by atoms with E-state index in [1.54, 1.807) is 36.4 Å². The van der Waals surface area contributed by atoms with Crippen LogP contribution in [0.25, 0.3) is 0 Å². The van der Waals surface area contributed by atoms with Crippen molar-refractivity contribution in [3.63, 3.8) is 0 Å². The van der Waals surface area contributed by atoms with Crippen LogP contribution in [0.15, 0.2) is 70.4 Å². The van der Waals surface area contributed by atoms with Gasteiger partial charge in [0, 0.05) is 17.5 Å². The monoisotopic (exact) mass is 358 g/mol. The summed E-state index contributed by atoms with van der Waals surface area (Å²) >= 11 is 7.43. The zero-order valence-corrected chi connectivity index (χ0v) is 14.3. The lowest BCUT2D eigenvalue weighted by Gasteiger charge is -2.06. The van der Waals surface area contributed by atoms with Crippen LogP contribution in [0.4, 0.5) is 0 Å². The molecule has 0 saturated carbocycles. The highest BCUT2D eigenvalue weighted by Gasteiger charge is 2.07. The molecule has 0 saturated heterocycles. The second-order valence-corrected chi connectivity index (χ2v) is 6.50. The van der Waals surface area contributed by atoms with Crippen LogP contribution in [-0.2, 0) is 12.3 Å². The van der Waals surface area contributed by atoms with Gasteiger partial charge in [0.05, 0.1) is 22.9 Å². The Hall–Kier alpha value is -2.24. The van der Waals surface area contributed by atoms with Gasteiger partial charge in [0.1, 0.15) is 5.76 Å². The molecule has 0 aliphatic rings. The Bertz CT molecular complexity index is 804. The maximum atomic E-state index is 12.2. The molecule has 0 spiro atoms. The van der Waals surface area contributed by atoms with E-state index in [1.165, 1.54) is 0 Å². The highest BCUT2D eigenvalue weighted by molar-refractivity contribution is 7.98. The standard InChI is InChI=1S/C18H15ClN2O2S/c19-15-6-7-17(20-10-15)24-12-13-3-1-4-14(9-13)18(22)21-11-16-5-2-8-23-16/h1-10H,11-12H2,(H,21,22). The fourth-order valence-electron chi connectivity index (χ4n) is 2.09. The van der Waals surface area contributed by atoms with Gasteiger partial charge < -0.3 is 9.73 Å². The molecule has 2 aromatic heterocycles. The lowest BCUT2D eigenvalue weighted by Crippen LogP contribution is -2.22. The van der Waals surface area contributed by atoms with Gasteiger partial charge in [0.2, 0.25) is 0 Å². The first kappa shape index (κ1) is 16.6. The Balaban J connectivity index is 1.58. The number of furan rings is 1. The number of pyridine rings is 1. The van der Waals surface area contributed by atoms with Crippen LogP contribution < -0.4 is 5.32 Å². The highest BCUT2D eigenvalue weighted by Crippen LogP contribution is 2.22. The van der Waals surface area contributed by atoms with Crippen LogP contribution in [0, 0.1) is 0 Å². The minimum atomic E-state index is -0.122. The molecule has 2 heterocycles. The molecule has 0 radical (unpaired) electrons. The van der Waals surface area contributed by atoms with Crippen molar-refractivity contribution in [2.24, 2.45) is 0 Å². The van der Waals surface area contributed by atoms with Crippen LogP contribution in [0.2, 0.25) is 5.02 Å². The average Bonchev–Trinajstić information content (AvgIpc) is 3.13. The third kappa shape index (κ3) is 4.63. The topological polar surface area (TPSA) is 55.1 Å². The molecular weight excluding hydrogens is 344 g/mol. The van der Waals surface area contributed by atoms with Crippen molar-refractivity contribution in [2.75, 3.05) is 0 Å². The molecule has 3 aromatic rings. The third-order valence-corrected chi connectivity index (χ3v) is 4.52. The molecule has 0 atom stereocenters. The maximum Gasteiger partial charge on any atom is 0.251 e. The summed E-state index contributed by atoms with van der Waals surface area (Å²) in [7, 11) is 0. The van der Waals surface area contributed by atoms with Crippen molar-refractivity contribution in [3.8, 4) is 0 Å². The molecule has 0 aliphatic heterocycles. The van der Waals surface area contributed by atoms with E-state index in [0.29, 0.717) is 17.1 Å². The SMILES string of the molecule is O=C(NCc1ccco1)c1cccc(CSc2ccc(Cl)cn2)c1. The Morgan fingerprint density at radius 2 is 2.12 bits per heavy atom. The molecule has 24 heavy (non-hydrogen) atoms. The van der Waals surface area contributed by atoms with Crippen molar-refractivity contribution in [3.05, 3.63) is 82.9 Å². The molecule has 3 rings (SSSR count). The number of aromatic nitrogens is 1. The van der Waals surface area contributed by atoms with Gasteiger partial charge in [-0.15, -0.1) is 11.8 Å². The Morgan fingerprint density at radius 3 is 2.88 bits per heavy atom. The largest absolute Gasteiger partial charge is 0.467 e. The molecule has 0 aliphatic carbocycles. The number of rotatable bonds is 6. The number of nitrogens with one attached hydrogen (secondary N) is 1. The molecule has 4 nitrogen and oxygen atoms in total. The second kappa shape index (κ2) is 8.04. The number of benzene rings is 1. The number of hydrogen-bond donors (Lipinski definition) is 1. The number of carbonyl (C=O) groups excluding carboxylic acids is 1. The highest BCUT2D eigenvalue weighted by atomic mass is 35.5. The van der Waals surface area contributed by atoms with Gasteiger partial charge in [-0.1, -0.05) is 23.7 Å². The van der Waals surface area contributed by atoms with E-state index < -0.39 is 0 Å². The molecule has 6 heteroatoms. The van der Waals surface area contributed by atoms with Crippen molar-refractivity contribution in [1.82, 2.24) is 10.3 Å². The summed E-state index contributed by atoms with van der Waals surface area (Å²) in [6.07, 6.45) is 3.21. The van der Waals surface area contributed by atoms with Crippen molar-refractivity contribution in [2.45, 2.75) is 17.3 Å². The van der Waals surface area contributed by atoms with E-state index in [1.807, 2.05) is 36.4 Å². The van der Waals surface area contributed by atoms with Gasteiger partial charge in [-0.25, -0.2) is 4.98 Å². The van der Waals surface area contributed by atoms with E-state index in [4.69, 9.17) is 16.0 Å². The number of thioether (sulfide) groups is 1. The maximum absolute atomic E-state index is 12.2. The third-order valence-electron chi connectivity index (χ3n) is 3.28. The zero-order chi connectivity index (χ0) is 16.8. The molecule has 122 valence electrons. The lowest BCUT2D eigenvalue weighted by molar-refractivity contribution is 0.0948. The molecule has 1 amide bonds. The summed E-state index contributed by atoms with van der Waals surface area (Å²) in [5.74, 6) is 1.33. The number of hydrogen-bond acceptors (Lipinski definition) is 4. The van der Waals surface area contributed by atoms with Crippen LogP contribution >= 0.6 is 23.4 Å². The van der Waals surface area contributed by atoms with Gasteiger partial charge in [-0.3, -0.25) is 4.79 Å². The number of carbonyl (C=O) groups is 1. The minimum Gasteiger partial charge on any atom is -0.467 e. The van der Waals surface area contributed by atoms with Crippen LogP contribution in [-0.4, -0.2) is 10.9 Å². The summed E-state index contributed by atoms with van der Waals surface area (Å²) in [4.78, 5) is 16.5. The number of amides is 1. The average molecular weight is 359 g/mol. The minimum absolute atomic E-state index is 0.122. The first-order valence-electron chi connectivity index (χ1n) is 7.34. The first-order chi connectivity index (χ1) is 11.7. The summed E-state index contributed by atoms with van der Waals surface area (Å²) in [5, 5.41) is 4.36. The quantitative estimate of drug-likeness (QED) is 0.657. The molecule has 0 unspecified atom stereocenters. The predicted molar refractivity (Wildman–Crippen MR) is 95.1 cm³/mol.